The lowest BCUT2D eigenvalue weighted by atomic mass is 10.1. The first kappa shape index (κ1) is 12.9. The van der Waals surface area contributed by atoms with Crippen LogP contribution in [0.15, 0.2) is 22.7 Å². The molecule has 1 fully saturated rings. The van der Waals surface area contributed by atoms with Crippen molar-refractivity contribution in [1.29, 1.82) is 0 Å². The highest BCUT2D eigenvalue weighted by Gasteiger charge is 2.29. The van der Waals surface area contributed by atoms with Crippen LogP contribution in [0, 0.1) is 0 Å². The van der Waals surface area contributed by atoms with E-state index in [0.29, 0.717) is 0 Å². The van der Waals surface area contributed by atoms with Crippen LogP contribution in [0.4, 0.5) is 5.69 Å². The monoisotopic (exact) mass is 296 g/mol. The molecule has 2 N–H and O–H groups in total. The van der Waals surface area contributed by atoms with Crippen molar-refractivity contribution in [2.75, 3.05) is 18.0 Å². The number of nitrogens with zero attached hydrogens (tertiary/aromatic N) is 1. The van der Waals surface area contributed by atoms with Gasteiger partial charge >= 0.3 is 0 Å². The molecule has 0 bridgehead atoms. The van der Waals surface area contributed by atoms with E-state index in [1.54, 1.807) is 0 Å². The minimum atomic E-state index is 0.721. The van der Waals surface area contributed by atoms with E-state index in [1.165, 1.54) is 30.5 Å². The largest absolute Gasteiger partial charge is 0.368 e. The summed E-state index contributed by atoms with van der Waals surface area (Å²) >= 11 is 3.58. The second-order valence-electron chi connectivity index (χ2n) is 4.74. The molecule has 0 radical (unpaired) electrons. The smallest absolute Gasteiger partial charge is 0.0413 e. The number of hydrogen-bond donors (Lipinski definition) is 1. The van der Waals surface area contributed by atoms with E-state index in [0.717, 1.165) is 30.0 Å². The minimum Gasteiger partial charge on any atom is -0.368 e. The summed E-state index contributed by atoms with van der Waals surface area (Å²) in [6, 6.07) is 7.34. The molecule has 0 spiro atoms. The Balaban J connectivity index is 2.28. The fourth-order valence-corrected chi connectivity index (χ4v) is 2.65. The average Bonchev–Trinajstić information content (AvgIpc) is 3.13. The van der Waals surface area contributed by atoms with Crippen LogP contribution in [-0.2, 0) is 6.42 Å². The number of anilines is 1. The Morgan fingerprint density at radius 1 is 1.41 bits per heavy atom. The predicted octanol–water partition coefficient (Wildman–Crippen LogP) is 3.33. The van der Waals surface area contributed by atoms with Gasteiger partial charge in [-0.1, -0.05) is 28.9 Å². The summed E-state index contributed by atoms with van der Waals surface area (Å²) in [6.07, 6.45) is 4.85. The van der Waals surface area contributed by atoms with Crippen LogP contribution >= 0.6 is 15.9 Å². The fraction of sp³-hybridized carbons (Fsp3) is 0.571. The maximum Gasteiger partial charge on any atom is 0.0413 e. The van der Waals surface area contributed by atoms with Crippen molar-refractivity contribution < 1.29 is 0 Å². The Hall–Kier alpha value is -0.540. The third-order valence-electron chi connectivity index (χ3n) is 3.22. The quantitative estimate of drug-likeness (QED) is 0.872. The van der Waals surface area contributed by atoms with Gasteiger partial charge in [0.05, 0.1) is 0 Å². The van der Waals surface area contributed by atoms with E-state index in [2.05, 4.69) is 46.0 Å². The average molecular weight is 297 g/mol. The molecule has 2 rings (SSSR count). The molecule has 1 aromatic carbocycles. The summed E-state index contributed by atoms with van der Waals surface area (Å²) in [5.74, 6) is 0. The van der Waals surface area contributed by atoms with Crippen molar-refractivity contribution in [2.24, 2.45) is 5.73 Å². The van der Waals surface area contributed by atoms with Crippen LogP contribution in [-0.4, -0.2) is 19.1 Å². The third-order valence-corrected chi connectivity index (χ3v) is 3.72. The van der Waals surface area contributed by atoms with Crippen molar-refractivity contribution in [3.05, 3.63) is 28.2 Å². The molecule has 0 atom stereocenters. The van der Waals surface area contributed by atoms with Gasteiger partial charge in [0, 0.05) is 22.7 Å². The highest BCUT2D eigenvalue weighted by Crippen LogP contribution is 2.35. The first-order valence-electron chi connectivity index (χ1n) is 6.51. The summed E-state index contributed by atoms with van der Waals surface area (Å²) in [6.45, 7) is 4.12. The summed E-state index contributed by atoms with van der Waals surface area (Å²) in [5.41, 5.74) is 8.47. The molecule has 1 aliphatic rings. The molecule has 0 aromatic heterocycles. The standard InChI is InChI=1S/C14H21BrN2/c1-2-9-17(13-5-6-13)14-10-12(15)4-3-11(14)7-8-16/h3-4,10,13H,2,5-9,16H2,1H3. The normalized spacial score (nSPS) is 15.0. The first-order valence-corrected chi connectivity index (χ1v) is 7.30. The van der Waals surface area contributed by atoms with E-state index < -0.39 is 0 Å². The van der Waals surface area contributed by atoms with E-state index in [1.807, 2.05) is 0 Å². The van der Waals surface area contributed by atoms with Gasteiger partial charge in [0.2, 0.25) is 0 Å². The minimum absolute atomic E-state index is 0.721. The fourth-order valence-electron chi connectivity index (χ4n) is 2.30. The topological polar surface area (TPSA) is 29.3 Å². The van der Waals surface area contributed by atoms with Crippen LogP contribution in [0.2, 0.25) is 0 Å². The molecule has 0 saturated heterocycles. The summed E-state index contributed by atoms with van der Waals surface area (Å²) in [5, 5.41) is 0. The van der Waals surface area contributed by atoms with Gasteiger partial charge in [-0.25, -0.2) is 0 Å². The third kappa shape index (κ3) is 3.23. The van der Waals surface area contributed by atoms with Crippen LogP contribution in [0.5, 0.6) is 0 Å². The molecule has 17 heavy (non-hydrogen) atoms. The van der Waals surface area contributed by atoms with Crippen molar-refractivity contribution >= 4 is 21.6 Å². The van der Waals surface area contributed by atoms with Crippen molar-refractivity contribution in [1.82, 2.24) is 0 Å². The van der Waals surface area contributed by atoms with Crippen molar-refractivity contribution in [3.8, 4) is 0 Å². The van der Waals surface area contributed by atoms with Gasteiger partial charge < -0.3 is 10.6 Å². The molecule has 3 heteroatoms. The molecule has 1 aliphatic carbocycles. The Bertz CT molecular complexity index is 374. The summed E-state index contributed by atoms with van der Waals surface area (Å²) in [4.78, 5) is 2.57. The Morgan fingerprint density at radius 2 is 2.18 bits per heavy atom. The van der Waals surface area contributed by atoms with Gasteiger partial charge in [-0.15, -0.1) is 0 Å². The van der Waals surface area contributed by atoms with Gasteiger partial charge in [0.1, 0.15) is 0 Å². The molecule has 0 heterocycles. The zero-order valence-corrected chi connectivity index (χ0v) is 12.0. The second-order valence-corrected chi connectivity index (χ2v) is 5.65. The van der Waals surface area contributed by atoms with E-state index in [4.69, 9.17) is 5.73 Å². The van der Waals surface area contributed by atoms with Crippen molar-refractivity contribution in [3.63, 3.8) is 0 Å². The lowest BCUT2D eigenvalue weighted by Crippen LogP contribution is -2.27. The SMILES string of the molecule is CCCN(c1cc(Br)ccc1CCN)C1CC1. The summed E-state index contributed by atoms with van der Waals surface area (Å²) in [7, 11) is 0. The van der Waals surface area contributed by atoms with Gasteiger partial charge in [-0.2, -0.15) is 0 Å². The zero-order chi connectivity index (χ0) is 12.3. The van der Waals surface area contributed by atoms with Crippen LogP contribution < -0.4 is 10.6 Å². The lowest BCUT2D eigenvalue weighted by Gasteiger charge is -2.27. The molecule has 1 aromatic rings. The molecular weight excluding hydrogens is 276 g/mol. The molecule has 0 amide bonds. The van der Waals surface area contributed by atoms with E-state index in [9.17, 15) is 0 Å². The highest BCUT2D eigenvalue weighted by atomic mass is 79.9. The van der Waals surface area contributed by atoms with Crippen LogP contribution in [0.3, 0.4) is 0 Å². The molecular formula is C14H21BrN2. The number of nitrogens with two attached hydrogens (primary N) is 1. The Kier molecular flexibility index (Phi) is 4.46. The van der Waals surface area contributed by atoms with Crippen LogP contribution in [0.1, 0.15) is 31.7 Å². The second kappa shape index (κ2) is 5.87. The Morgan fingerprint density at radius 3 is 2.76 bits per heavy atom. The highest BCUT2D eigenvalue weighted by molar-refractivity contribution is 9.10. The van der Waals surface area contributed by atoms with E-state index >= 15 is 0 Å². The first-order chi connectivity index (χ1) is 8.26. The van der Waals surface area contributed by atoms with Gasteiger partial charge in [-0.05, 0) is 49.9 Å². The number of hydrogen-bond acceptors (Lipinski definition) is 2. The molecule has 0 aliphatic heterocycles. The van der Waals surface area contributed by atoms with E-state index in [-0.39, 0.29) is 0 Å². The lowest BCUT2D eigenvalue weighted by molar-refractivity contribution is 0.756. The van der Waals surface area contributed by atoms with Gasteiger partial charge in [-0.3, -0.25) is 0 Å². The zero-order valence-electron chi connectivity index (χ0n) is 10.5. The Labute approximate surface area is 112 Å². The number of rotatable bonds is 6. The molecule has 94 valence electrons. The maximum atomic E-state index is 5.70. The molecule has 2 nitrogen and oxygen atoms in total. The van der Waals surface area contributed by atoms with Crippen molar-refractivity contribution in [2.45, 2.75) is 38.6 Å². The van der Waals surface area contributed by atoms with Gasteiger partial charge in [0.25, 0.3) is 0 Å². The molecule has 1 saturated carbocycles. The number of halogens is 1. The number of benzene rings is 1. The van der Waals surface area contributed by atoms with Crippen LogP contribution in [0.25, 0.3) is 0 Å². The predicted molar refractivity (Wildman–Crippen MR) is 77.6 cm³/mol. The summed E-state index contributed by atoms with van der Waals surface area (Å²) < 4.78 is 1.16. The van der Waals surface area contributed by atoms with Gasteiger partial charge in [0.15, 0.2) is 0 Å². The maximum absolute atomic E-state index is 5.70. The molecule has 0 unspecified atom stereocenters.